The molecule has 1 aliphatic heterocycles. The fraction of sp³-hybridized carbons (Fsp3) is 0.714. The van der Waals surface area contributed by atoms with Crippen LogP contribution in [0.25, 0.3) is 0 Å². The van der Waals surface area contributed by atoms with Crippen LogP contribution >= 0.6 is 0 Å². The van der Waals surface area contributed by atoms with E-state index in [1.165, 1.54) is 0 Å². The van der Waals surface area contributed by atoms with Gasteiger partial charge in [0.1, 0.15) is 6.10 Å². The lowest BCUT2D eigenvalue weighted by atomic mass is 10.0. The van der Waals surface area contributed by atoms with E-state index in [4.69, 9.17) is 10.8 Å². The van der Waals surface area contributed by atoms with Crippen LogP contribution in [-0.4, -0.2) is 42.7 Å². The largest absolute Gasteiger partial charge is 0.381 e. The molecule has 6 nitrogen and oxygen atoms in total. The number of hydrogen-bond donors (Lipinski definition) is 4. The third kappa shape index (κ3) is 2.67. The molecule has 6 heteroatoms. The van der Waals surface area contributed by atoms with Crippen LogP contribution in [0.3, 0.4) is 0 Å². The smallest absolute Gasteiger partial charge is 0.248 e. The van der Waals surface area contributed by atoms with Gasteiger partial charge < -0.3 is 21.5 Å². The summed E-state index contributed by atoms with van der Waals surface area (Å²) in [7, 11) is 0. The highest BCUT2D eigenvalue weighted by Crippen LogP contribution is 2.01. The van der Waals surface area contributed by atoms with Gasteiger partial charge in [-0.2, -0.15) is 0 Å². The van der Waals surface area contributed by atoms with Crippen LogP contribution in [0, 0.1) is 5.92 Å². The number of aliphatic hydroxyl groups is 1. The Hall–Kier alpha value is -1.14. The van der Waals surface area contributed by atoms with Crippen molar-refractivity contribution in [3.8, 4) is 0 Å². The molecule has 1 fully saturated rings. The summed E-state index contributed by atoms with van der Waals surface area (Å²) in [6.45, 7) is 1.20. The first-order valence-electron chi connectivity index (χ1n) is 4.07. The Morgan fingerprint density at radius 3 is 2.62 bits per heavy atom. The molecule has 1 unspecified atom stereocenters. The molecule has 0 aliphatic carbocycles. The van der Waals surface area contributed by atoms with Crippen molar-refractivity contribution in [2.24, 2.45) is 11.7 Å². The molecular weight excluding hydrogens is 174 g/mol. The highest BCUT2D eigenvalue weighted by Gasteiger charge is 2.25. The van der Waals surface area contributed by atoms with E-state index in [1.807, 2.05) is 0 Å². The van der Waals surface area contributed by atoms with Gasteiger partial charge in [-0.3, -0.25) is 9.59 Å². The van der Waals surface area contributed by atoms with E-state index in [0.717, 1.165) is 0 Å². The first-order valence-corrected chi connectivity index (χ1v) is 4.07. The average molecular weight is 187 g/mol. The number of carbonyl (C=O) groups excluding carboxylic acids is 2. The first kappa shape index (κ1) is 9.94. The molecule has 0 saturated carbocycles. The molecule has 0 aromatic heterocycles. The third-order valence-electron chi connectivity index (χ3n) is 1.95. The van der Waals surface area contributed by atoms with E-state index in [2.05, 4.69) is 10.6 Å². The predicted molar refractivity (Wildman–Crippen MR) is 44.6 cm³/mol. The zero-order chi connectivity index (χ0) is 9.84. The van der Waals surface area contributed by atoms with Crippen molar-refractivity contribution >= 4 is 11.8 Å². The molecule has 1 atom stereocenters. The number of primary amides is 1. The molecular formula is C7H13N3O3. The van der Waals surface area contributed by atoms with Crippen LogP contribution in [0.4, 0.5) is 0 Å². The Labute approximate surface area is 75.5 Å². The Morgan fingerprint density at radius 2 is 2.23 bits per heavy atom. The Morgan fingerprint density at radius 1 is 1.62 bits per heavy atom. The van der Waals surface area contributed by atoms with Crippen LogP contribution in [-0.2, 0) is 9.59 Å². The molecule has 0 bridgehead atoms. The number of rotatable bonds is 4. The van der Waals surface area contributed by atoms with Gasteiger partial charge >= 0.3 is 0 Å². The molecule has 1 heterocycles. The lowest BCUT2D eigenvalue weighted by Gasteiger charge is -2.26. The first-order chi connectivity index (χ1) is 6.11. The van der Waals surface area contributed by atoms with Crippen molar-refractivity contribution < 1.29 is 14.7 Å². The maximum Gasteiger partial charge on any atom is 0.248 e. The standard InChI is InChI=1S/C7H13N3O3/c8-6(12)5(11)3-10-7(13)4-1-9-2-4/h4-5,9,11H,1-3H2,(H2,8,12)(H,10,13). The molecule has 0 aromatic carbocycles. The number of carbonyl (C=O) groups is 2. The number of hydrogen-bond acceptors (Lipinski definition) is 4. The van der Waals surface area contributed by atoms with Crippen molar-refractivity contribution in [3.05, 3.63) is 0 Å². The van der Waals surface area contributed by atoms with Gasteiger partial charge in [0.2, 0.25) is 11.8 Å². The molecule has 1 aliphatic rings. The monoisotopic (exact) mass is 187 g/mol. The van der Waals surface area contributed by atoms with E-state index in [0.29, 0.717) is 13.1 Å². The average Bonchev–Trinajstić information content (AvgIpc) is 1.96. The van der Waals surface area contributed by atoms with Crippen LogP contribution in [0.15, 0.2) is 0 Å². The van der Waals surface area contributed by atoms with Gasteiger partial charge in [0, 0.05) is 13.1 Å². The zero-order valence-corrected chi connectivity index (χ0v) is 7.12. The maximum absolute atomic E-state index is 11.1. The van der Waals surface area contributed by atoms with E-state index < -0.39 is 12.0 Å². The van der Waals surface area contributed by atoms with Gasteiger partial charge in [0.25, 0.3) is 0 Å². The topological polar surface area (TPSA) is 104 Å². The molecule has 2 amide bonds. The highest BCUT2D eigenvalue weighted by atomic mass is 16.3. The third-order valence-corrected chi connectivity index (χ3v) is 1.95. The minimum atomic E-state index is -1.29. The van der Waals surface area contributed by atoms with E-state index >= 15 is 0 Å². The Bertz CT molecular complexity index is 215. The van der Waals surface area contributed by atoms with Crippen LogP contribution in [0.1, 0.15) is 0 Å². The second kappa shape index (κ2) is 4.20. The highest BCUT2D eigenvalue weighted by molar-refractivity contribution is 5.82. The minimum absolute atomic E-state index is 0.0416. The molecule has 1 rings (SSSR count). The zero-order valence-electron chi connectivity index (χ0n) is 7.12. The normalized spacial score (nSPS) is 18.8. The van der Waals surface area contributed by atoms with E-state index in [1.54, 1.807) is 0 Å². The quantitative estimate of drug-likeness (QED) is 0.380. The van der Waals surface area contributed by atoms with Crippen molar-refractivity contribution in [2.45, 2.75) is 6.10 Å². The molecule has 13 heavy (non-hydrogen) atoms. The SMILES string of the molecule is NC(=O)C(O)CNC(=O)C1CNC1. The van der Waals surface area contributed by atoms with E-state index in [9.17, 15) is 9.59 Å². The number of aliphatic hydroxyl groups excluding tert-OH is 1. The molecule has 0 radical (unpaired) electrons. The Kier molecular flexibility index (Phi) is 3.21. The summed E-state index contributed by atoms with van der Waals surface area (Å²) in [4.78, 5) is 21.5. The van der Waals surface area contributed by atoms with Gasteiger partial charge in [-0.25, -0.2) is 0 Å². The minimum Gasteiger partial charge on any atom is -0.381 e. The molecule has 74 valence electrons. The van der Waals surface area contributed by atoms with Crippen LogP contribution in [0.2, 0.25) is 0 Å². The summed E-state index contributed by atoms with van der Waals surface area (Å²) < 4.78 is 0. The fourth-order valence-electron chi connectivity index (χ4n) is 0.916. The van der Waals surface area contributed by atoms with E-state index in [-0.39, 0.29) is 18.4 Å². The lowest BCUT2D eigenvalue weighted by molar-refractivity contribution is -0.129. The summed E-state index contributed by atoms with van der Waals surface area (Å²) >= 11 is 0. The number of nitrogens with two attached hydrogens (primary N) is 1. The van der Waals surface area contributed by atoms with Gasteiger partial charge in [-0.1, -0.05) is 0 Å². The maximum atomic E-state index is 11.1. The number of nitrogens with one attached hydrogen (secondary N) is 2. The molecule has 1 saturated heterocycles. The van der Waals surface area contributed by atoms with Crippen molar-refractivity contribution in [3.63, 3.8) is 0 Å². The molecule has 0 spiro atoms. The second-order valence-electron chi connectivity index (χ2n) is 3.02. The number of amides is 2. The van der Waals surface area contributed by atoms with Crippen molar-refractivity contribution in [1.82, 2.24) is 10.6 Å². The Balaban J connectivity index is 2.17. The summed E-state index contributed by atoms with van der Waals surface area (Å²) in [5, 5.41) is 14.3. The molecule has 5 N–H and O–H groups in total. The molecule has 0 aromatic rings. The van der Waals surface area contributed by atoms with Crippen LogP contribution in [0.5, 0.6) is 0 Å². The summed E-state index contributed by atoms with van der Waals surface area (Å²) in [6.07, 6.45) is -1.29. The summed E-state index contributed by atoms with van der Waals surface area (Å²) in [5.74, 6) is -1.02. The van der Waals surface area contributed by atoms with Crippen molar-refractivity contribution in [1.29, 1.82) is 0 Å². The second-order valence-corrected chi connectivity index (χ2v) is 3.02. The summed E-state index contributed by atoms with van der Waals surface area (Å²) in [6, 6.07) is 0. The summed E-state index contributed by atoms with van der Waals surface area (Å²) in [5.41, 5.74) is 4.79. The van der Waals surface area contributed by atoms with Gasteiger partial charge in [-0.05, 0) is 0 Å². The van der Waals surface area contributed by atoms with Crippen LogP contribution < -0.4 is 16.4 Å². The van der Waals surface area contributed by atoms with Crippen molar-refractivity contribution in [2.75, 3.05) is 19.6 Å². The fourth-order valence-corrected chi connectivity index (χ4v) is 0.916. The van der Waals surface area contributed by atoms with Gasteiger partial charge in [0.15, 0.2) is 0 Å². The van der Waals surface area contributed by atoms with Gasteiger partial charge in [-0.15, -0.1) is 0 Å². The predicted octanol–water partition coefficient (Wildman–Crippen LogP) is -2.83. The lowest BCUT2D eigenvalue weighted by Crippen LogP contribution is -2.52. The van der Waals surface area contributed by atoms with Gasteiger partial charge in [0.05, 0.1) is 12.5 Å².